The smallest absolute Gasteiger partial charge is 0.233 e. The van der Waals surface area contributed by atoms with Gasteiger partial charge in [0.25, 0.3) is 0 Å². The molecule has 16 heavy (non-hydrogen) atoms. The van der Waals surface area contributed by atoms with E-state index in [1.54, 1.807) is 6.20 Å². The van der Waals surface area contributed by atoms with Crippen molar-refractivity contribution in [2.24, 2.45) is 5.92 Å². The first-order chi connectivity index (χ1) is 7.84. The topological polar surface area (TPSA) is 47.0 Å². The molecule has 1 aromatic heterocycles. The largest absolute Gasteiger partial charge is 0.477 e. The van der Waals surface area contributed by atoms with Crippen molar-refractivity contribution in [2.75, 3.05) is 19.7 Å². The highest BCUT2D eigenvalue weighted by Gasteiger charge is 2.12. The average molecular weight is 221 g/mol. The van der Waals surface area contributed by atoms with Gasteiger partial charge in [-0.15, -0.1) is 5.10 Å². The maximum absolute atomic E-state index is 5.59. The lowest BCUT2D eigenvalue weighted by molar-refractivity contribution is 0.245. The fourth-order valence-electron chi connectivity index (χ4n) is 2.01. The number of hydrogen-bond donors (Lipinski definition) is 1. The van der Waals surface area contributed by atoms with Gasteiger partial charge in [0.05, 0.1) is 12.8 Å². The Hall–Kier alpha value is -1.16. The van der Waals surface area contributed by atoms with Crippen LogP contribution in [0, 0.1) is 12.8 Å². The Morgan fingerprint density at radius 3 is 3.25 bits per heavy atom. The first-order valence-electron chi connectivity index (χ1n) is 5.97. The highest BCUT2D eigenvalue weighted by Crippen LogP contribution is 2.14. The van der Waals surface area contributed by atoms with E-state index in [4.69, 9.17) is 4.74 Å². The third-order valence-electron chi connectivity index (χ3n) is 2.94. The Morgan fingerprint density at radius 2 is 2.50 bits per heavy atom. The third-order valence-corrected chi connectivity index (χ3v) is 2.94. The Kier molecular flexibility index (Phi) is 4.10. The molecule has 88 valence electrons. The minimum Gasteiger partial charge on any atom is -0.477 e. The standard InChI is InChI=1S/C12H19N3O/c1-10-7-12(15-14-8-10)16-6-4-11-3-2-5-13-9-11/h7-8,11,13H,2-6,9H2,1H3. The van der Waals surface area contributed by atoms with E-state index in [0.29, 0.717) is 5.88 Å². The van der Waals surface area contributed by atoms with Gasteiger partial charge in [-0.25, -0.2) is 0 Å². The molecule has 0 amide bonds. The summed E-state index contributed by atoms with van der Waals surface area (Å²) in [4.78, 5) is 0. The highest BCUT2D eigenvalue weighted by molar-refractivity contribution is 5.14. The summed E-state index contributed by atoms with van der Waals surface area (Å²) >= 11 is 0. The van der Waals surface area contributed by atoms with Crippen molar-refractivity contribution in [1.82, 2.24) is 15.5 Å². The molecule has 1 N–H and O–H groups in total. The number of aryl methyl sites for hydroxylation is 1. The van der Waals surface area contributed by atoms with E-state index in [0.717, 1.165) is 31.1 Å². The molecule has 2 rings (SSSR count). The van der Waals surface area contributed by atoms with Crippen LogP contribution in [0.15, 0.2) is 12.3 Å². The monoisotopic (exact) mass is 221 g/mol. The van der Waals surface area contributed by atoms with Crippen LogP contribution in [0.1, 0.15) is 24.8 Å². The maximum Gasteiger partial charge on any atom is 0.233 e. The molecule has 1 fully saturated rings. The van der Waals surface area contributed by atoms with Crippen molar-refractivity contribution >= 4 is 0 Å². The average Bonchev–Trinajstić information content (AvgIpc) is 2.30. The maximum atomic E-state index is 5.59. The predicted molar refractivity (Wildman–Crippen MR) is 62.5 cm³/mol. The highest BCUT2D eigenvalue weighted by atomic mass is 16.5. The molecule has 0 saturated carbocycles. The zero-order valence-electron chi connectivity index (χ0n) is 9.78. The lowest BCUT2D eigenvalue weighted by Gasteiger charge is -2.22. The van der Waals surface area contributed by atoms with Crippen molar-refractivity contribution in [1.29, 1.82) is 0 Å². The second-order valence-electron chi connectivity index (χ2n) is 4.42. The van der Waals surface area contributed by atoms with E-state index in [1.165, 1.54) is 19.4 Å². The number of piperidine rings is 1. The van der Waals surface area contributed by atoms with Crippen LogP contribution in [0.3, 0.4) is 0 Å². The molecule has 0 aliphatic carbocycles. The Morgan fingerprint density at radius 1 is 1.56 bits per heavy atom. The molecule has 1 aliphatic rings. The molecular weight excluding hydrogens is 202 g/mol. The minimum atomic E-state index is 0.642. The first kappa shape index (κ1) is 11.3. The molecule has 4 nitrogen and oxygen atoms in total. The second kappa shape index (κ2) is 5.80. The van der Waals surface area contributed by atoms with Crippen molar-refractivity contribution in [2.45, 2.75) is 26.2 Å². The normalized spacial score (nSPS) is 20.7. The van der Waals surface area contributed by atoms with Crippen LogP contribution >= 0.6 is 0 Å². The Balaban J connectivity index is 1.71. The summed E-state index contributed by atoms with van der Waals surface area (Å²) in [5.41, 5.74) is 1.09. The molecule has 1 aliphatic heterocycles. The molecule has 1 unspecified atom stereocenters. The first-order valence-corrected chi connectivity index (χ1v) is 5.97. The summed E-state index contributed by atoms with van der Waals surface area (Å²) in [6, 6.07) is 1.92. The van der Waals surface area contributed by atoms with Crippen molar-refractivity contribution in [3.05, 3.63) is 17.8 Å². The number of nitrogens with zero attached hydrogens (tertiary/aromatic N) is 2. The van der Waals surface area contributed by atoms with E-state index >= 15 is 0 Å². The van der Waals surface area contributed by atoms with E-state index in [1.807, 2.05) is 13.0 Å². The number of nitrogens with one attached hydrogen (secondary N) is 1. The van der Waals surface area contributed by atoms with Gasteiger partial charge in [0.1, 0.15) is 0 Å². The van der Waals surface area contributed by atoms with Gasteiger partial charge < -0.3 is 10.1 Å². The van der Waals surface area contributed by atoms with Crippen LogP contribution in [0.4, 0.5) is 0 Å². The number of ether oxygens (including phenoxy) is 1. The molecule has 0 bridgehead atoms. The summed E-state index contributed by atoms with van der Waals surface area (Å²) in [5.74, 6) is 1.40. The zero-order valence-corrected chi connectivity index (χ0v) is 9.78. The molecule has 2 heterocycles. The summed E-state index contributed by atoms with van der Waals surface area (Å²) in [6.45, 7) is 5.03. The van der Waals surface area contributed by atoms with Crippen molar-refractivity contribution in [3.63, 3.8) is 0 Å². The molecule has 4 heteroatoms. The summed E-state index contributed by atoms with van der Waals surface area (Å²) in [6.07, 6.45) is 5.44. The number of hydrogen-bond acceptors (Lipinski definition) is 4. The molecule has 1 saturated heterocycles. The molecule has 1 atom stereocenters. The fraction of sp³-hybridized carbons (Fsp3) is 0.667. The second-order valence-corrected chi connectivity index (χ2v) is 4.42. The SMILES string of the molecule is Cc1cnnc(OCCC2CCCNC2)c1. The number of aromatic nitrogens is 2. The van der Waals surface area contributed by atoms with Crippen LogP contribution in [0.25, 0.3) is 0 Å². The zero-order chi connectivity index (χ0) is 11.2. The summed E-state index contributed by atoms with van der Waals surface area (Å²) in [7, 11) is 0. The van der Waals surface area contributed by atoms with Crippen LogP contribution in [-0.2, 0) is 0 Å². The van der Waals surface area contributed by atoms with E-state index in [9.17, 15) is 0 Å². The minimum absolute atomic E-state index is 0.642. The van der Waals surface area contributed by atoms with Gasteiger partial charge in [-0.05, 0) is 50.8 Å². The van der Waals surface area contributed by atoms with E-state index < -0.39 is 0 Å². The van der Waals surface area contributed by atoms with Gasteiger partial charge in [-0.1, -0.05) is 0 Å². The fourth-order valence-corrected chi connectivity index (χ4v) is 2.01. The summed E-state index contributed by atoms with van der Waals surface area (Å²) < 4.78 is 5.59. The van der Waals surface area contributed by atoms with Crippen molar-refractivity contribution < 1.29 is 4.74 Å². The quantitative estimate of drug-likeness (QED) is 0.838. The van der Waals surface area contributed by atoms with Gasteiger partial charge in [0.15, 0.2) is 0 Å². The lowest BCUT2D eigenvalue weighted by atomic mass is 9.97. The van der Waals surface area contributed by atoms with Crippen molar-refractivity contribution in [3.8, 4) is 5.88 Å². The molecule has 1 aromatic rings. The Labute approximate surface area is 96.4 Å². The molecule has 0 spiro atoms. The van der Waals surface area contributed by atoms with E-state index in [-0.39, 0.29) is 0 Å². The van der Waals surface area contributed by atoms with Crippen LogP contribution < -0.4 is 10.1 Å². The van der Waals surface area contributed by atoms with Crippen LogP contribution in [0.2, 0.25) is 0 Å². The van der Waals surface area contributed by atoms with Crippen LogP contribution in [0.5, 0.6) is 5.88 Å². The summed E-state index contributed by atoms with van der Waals surface area (Å²) in [5, 5.41) is 11.2. The Bertz CT molecular complexity index is 324. The molecule has 0 aromatic carbocycles. The predicted octanol–water partition coefficient (Wildman–Crippen LogP) is 1.55. The van der Waals surface area contributed by atoms with Gasteiger partial charge >= 0.3 is 0 Å². The van der Waals surface area contributed by atoms with Gasteiger partial charge in [-0.2, -0.15) is 5.10 Å². The molecule has 0 radical (unpaired) electrons. The van der Waals surface area contributed by atoms with Gasteiger partial charge in [0.2, 0.25) is 5.88 Å². The lowest BCUT2D eigenvalue weighted by Crippen LogP contribution is -2.30. The van der Waals surface area contributed by atoms with Gasteiger partial charge in [-0.3, -0.25) is 0 Å². The van der Waals surface area contributed by atoms with E-state index in [2.05, 4.69) is 15.5 Å². The molecular formula is C12H19N3O. The number of rotatable bonds is 4. The third kappa shape index (κ3) is 3.45. The van der Waals surface area contributed by atoms with Crippen LogP contribution in [-0.4, -0.2) is 29.9 Å². The van der Waals surface area contributed by atoms with Gasteiger partial charge in [0, 0.05) is 6.07 Å².